The molecule has 1 heterocycles. The topological polar surface area (TPSA) is 94.6 Å². The average molecular weight is 312 g/mol. The molecule has 0 fully saturated rings. The van der Waals surface area contributed by atoms with Crippen molar-refractivity contribution in [3.63, 3.8) is 0 Å². The van der Waals surface area contributed by atoms with E-state index in [4.69, 9.17) is 9.15 Å². The minimum Gasteiger partial charge on any atom is -0.497 e. The van der Waals surface area contributed by atoms with Crippen LogP contribution in [0.2, 0.25) is 0 Å². The number of amides is 1. The van der Waals surface area contributed by atoms with Crippen molar-refractivity contribution in [2.45, 2.75) is 0 Å². The second-order valence-corrected chi connectivity index (χ2v) is 4.74. The quantitative estimate of drug-likeness (QED) is 0.586. The van der Waals surface area contributed by atoms with Gasteiger partial charge < -0.3 is 14.5 Å². The number of benzene rings is 2. The highest BCUT2D eigenvalue weighted by atomic mass is 16.6. The van der Waals surface area contributed by atoms with Crippen LogP contribution in [0.1, 0.15) is 10.6 Å². The average Bonchev–Trinajstić information content (AvgIpc) is 2.98. The Morgan fingerprint density at radius 1 is 1.22 bits per heavy atom. The molecule has 0 spiro atoms. The highest BCUT2D eigenvalue weighted by Gasteiger charge is 2.19. The minimum absolute atomic E-state index is 0.0415. The van der Waals surface area contributed by atoms with Crippen LogP contribution >= 0.6 is 0 Å². The van der Waals surface area contributed by atoms with Crippen LogP contribution in [-0.4, -0.2) is 17.9 Å². The van der Waals surface area contributed by atoms with Gasteiger partial charge in [0.1, 0.15) is 17.0 Å². The van der Waals surface area contributed by atoms with Gasteiger partial charge >= 0.3 is 0 Å². The summed E-state index contributed by atoms with van der Waals surface area (Å²) in [5, 5.41) is 14.3. The number of hydrogen-bond donors (Lipinski definition) is 1. The minimum atomic E-state index is -0.576. The first-order chi connectivity index (χ1) is 11.1. The van der Waals surface area contributed by atoms with E-state index < -0.39 is 10.8 Å². The first-order valence-electron chi connectivity index (χ1n) is 6.71. The Bertz CT molecular complexity index is 867. The summed E-state index contributed by atoms with van der Waals surface area (Å²) in [7, 11) is 1.44. The van der Waals surface area contributed by atoms with Crippen LogP contribution < -0.4 is 10.1 Å². The van der Waals surface area contributed by atoms with Gasteiger partial charge in [0.2, 0.25) is 0 Å². The Morgan fingerprint density at radius 3 is 2.70 bits per heavy atom. The molecule has 2 aromatic carbocycles. The number of nitrogens with zero attached hydrogens (tertiary/aromatic N) is 1. The van der Waals surface area contributed by atoms with Gasteiger partial charge in [0.25, 0.3) is 11.6 Å². The van der Waals surface area contributed by atoms with E-state index in [1.165, 1.54) is 25.3 Å². The zero-order valence-corrected chi connectivity index (χ0v) is 12.1. The second kappa shape index (κ2) is 5.80. The molecule has 0 saturated carbocycles. The zero-order valence-electron chi connectivity index (χ0n) is 12.1. The fourth-order valence-corrected chi connectivity index (χ4v) is 2.18. The zero-order chi connectivity index (χ0) is 16.4. The van der Waals surface area contributed by atoms with Crippen LogP contribution in [0.25, 0.3) is 11.0 Å². The van der Waals surface area contributed by atoms with Crippen LogP contribution in [0.15, 0.2) is 52.9 Å². The molecule has 0 saturated heterocycles. The fourth-order valence-electron chi connectivity index (χ4n) is 2.18. The normalized spacial score (nSPS) is 10.5. The number of fused-ring (bicyclic) bond motifs is 1. The molecular formula is C16H12N2O5. The third-order valence-corrected chi connectivity index (χ3v) is 3.30. The van der Waals surface area contributed by atoms with Crippen molar-refractivity contribution in [2.24, 2.45) is 0 Å². The van der Waals surface area contributed by atoms with Gasteiger partial charge in [-0.25, -0.2) is 0 Å². The maximum absolute atomic E-state index is 12.3. The van der Waals surface area contributed by atoms with Gasteiger partial charge in [-0.05, 0) is 18.2 Å². The third kappa shape index (κ3) is 2.84. The monoisotopic (exact) mass is 312 g/mol. The van der Waals surface area contributed by atoms with Gasteiger partial charge in [-0.2, -0.15) is 0 Å². The summed E-state index contributed by atoms with van der Waals surface area (Å²) in [5.74, 6) is -0.101. The Morgan fingerprint density at radius 2 is 2.00 bits per heavy atom. The lowest BCUT2D eigenvalue weighted by atomic mass is 10.2. The summed E-state index contributed by atoms with van der Waals surface area (Å²) in [4.78, 5) is 22.8. The number of para-hydroxylation sites is 1. The summed E-state index contributed by atoms with van der Waals surface area (Å²) < 4.78 is 10.5. The van der Waals surface area contributed by atoms with Crippen molar-refractivity contribution in [1.82, 2.24) is 0 Å². The lowest BCUT2D eigenvalue weighted by molar-refractivity contribution is -0.383. The molecule has 1 N–H and O–H groups in total. The molecule has 0 unspecified atom stereocenters. The number of nitro groups is 1. The fraction of sp³-hybridized carbons (Fsp3) is 0.0625. The van der Waals surface area contributed by atoms with Crippen LogP contribution in [0, 0.1) is 10.1 Å². The number of carbonyl (C=O) groups is 1. The van der Waals surface area contributed by atoms with Gasteiger partial charge in [0.15, 0.2) is 5.76 Å². The van der Waals surface area contributed by atoms with Crippen molar-refractivity contribution in [3.05, 3.63) is 64.4 Å². The van der Waals surface area contributed by atoms with E-state index in [1.807, 2.05) is 12.1 Å². The highest BCUT2D eigenvalue weighted by molar-refractivity contribution is 6.05. The van der Waals surface area contributed by atoms with Gasteiger partial charge in [-0.3, -0.25) is 14.9 Å². The molecule has 23 heavy (non-hydrogen) atoms. The van der Waals surface area contributed by atoms with Crippen LogP contribution in [0.3, 0.4) is 0 Å². The van der Waals surface area contributed by atoms with Crippen LogP contribution in [0.4, 0.5) is 11.4 Å². The molecule has 0 atom stereocenters. The van der Waals surface area contributed by atoms with Gasteiger partial charge in [-0.15, -0.1) is 0 Å². The number of nitro benzene ring substituents is 1. The number of anilines is 1. The smallest absolute Gasteiger partial charge is 0.293 e. The summed E-state index contributed by atoms with van der Waals surface area (Å²) in [6, 6.07) is 12.9. The van der Waals surface area contributed by atoms with Crippen LogP contribution in [-0.2, 0) is 0 Å². The first kappa shape index (κ1) is 14.6. The van der Waals surface area contributed by atoms with E-state index in [2.05, 4.69) is 5.32 Å². The Balaban J connectivity index is 1.94. The molecule has 7 nitrogen and oxygen atoms in total. The maximum Gasteiger partial charge on any atom is 0.293 e. The maximum atomic E-state index is 12.3. The number of ether oxygens (including phenoxy) is 1. The van der Waals surface area contributed by atoms with Crippen LogP contribution in [0.5, 0.6) is 5.75 Å². The standard InChI is InChI=1S/C16H12N2O5/c1-22-11-6-7-13(18(20)21)12(9-11)17-16(19)15-8-10-4-2-3-5-14(10)23-15/h2-9H,1H3,(H,17,19). The number of rotatable bonds is 4. The molecule has 1 amide bonds. The predicted molar refractivity (Wildman–Crippen MR) is 83.8 cm³/mol. The molecule has 0 bridgehead atoms. The van der Waals surface area contributed by atoms with Crippen molar-refractivity contribution in [1.29, 1.82) is 0 Å². The number of furan rings is 1. The summed E-state index contributed by atoms with van der Waals surface area (Å²) in [5.41, 5.74) is 0.382. The summed E-state index contributed by atoms with van der Waals surface area (Å²) >= 11 is 0. The third-order valence-electron chi connectivity index (χ3n) is 3.30. The van der Waals surface area contributed by atoms with E-state index in [-0.39, 0.29) is 17.1 Å². The second-order valence-electron chi connectivity index (χ2n) is 4.74. The Labute approximate surface area is 130 Å². The first-order valence-corrected chi connectivity index (χ1v) is 6.71. The van der Waals surface area contributed by atoms with Crippen molar-refractivity contribution >= 4 is 28.3 Å². The molecule has 0 aliphatic heterocycles. The molecule has 0 aliphatic rings. The number of hydrogen-bond acceptors (Lipinski definition) is 5. The molecule has 0 radical (unpaired) electrons. The van der Waals surface area contributed by atoms with E-state index >= 15 is 0 Å². The van der Waals surface area contributed by atoms with Gasteiger partial charge in [0.05, 0.1) is 12.0 Å². The van der Waals surface area contributed by atoms with Crippen molar-refractivity contribution < 1.29 is 18.9 Å². The van der Waals surface area contributed by atoms with Crippen molar-refractivity contribution in [2.75, 3.05) is 12.4 Å². The van der Waals surface area contributed by atoms with E-state index in [0.717, 1.165) is 5.39 Å². The lowest BCUT2D eigenvalue weighted by Gasteiger charge is -2.06. The van der Waals surface area contributed by atoms with Crippen molar-refractivity contribution in [3.8, 4) is 5.75 Å². The van der Waals surface area contributed by atoms with E-state index in [1.54, 1.807) is 18.2 Å². The van der Waals surface area contributed by atoms with E-state index in [0.29, 0.717) is 11.3 Å². The Hall–Kier alpha value is -3.35. The summed E-state index contributed by atoms with van der Waals surface area (Å²) in [6.45, 7) is 0. The molecular weight excluding hydrogens is 300 g/mol. The number of nitrogens with one attached hydrogen (secondary N) is 1. The van der Waals surface area contributed by atoms with E-state index in [9.17, 15) is 14.9 Å². The SMILES string of the molecule is COc1ccc([N+](=O)[O-])c(NC(=O)c2cc3ccccc3o2)c1. The molecule has 3 rings (SSSR count). The molecule has 3 aromatic rings. The summed E-state index contributed by atoms with van der Waals surface area (Å²) in [6.07, 6.45) is 0. The van der Waals surface area contributed by atoms with Gasteiger partial charge in [-0.1, -0.05) is 18.2 Å². The van der Waals surface area contributed by atoms with Gasteiger partial charge in [0, 0.05) is 17.5 Å². The number of carbonyl (C=O) groups excluding carboxylic acids is 1. The predicted octanol–water partition coefficient (Wildman–Crippen LogP) is 3.60. The highest BCUT2D eigenvalue weighted by Crippen LogP contribution is 2.29. The Kier molecular flexibility index (Phi) is 3.68. The molecule has 1 aromatic heterocycles. The molecule has 0 aliphatic carbocycles. The molecule has 7 heteroatoms. The molecule has 116 valence electrons. The lowest BCUT2D eigenvalue weighted by Crippen LogP contribution is -2.12. The number of methoxy groups -OCH3 is 1. The largest absolute Gasteiger partial charge is 0.497 e.